The maximum absolute atomic E-state index is 10.4. The summed E-state index contributed by atoms with van der Waals surface area (Å²) in [5.74, 6) is 1.39. The fraction of sp³-hybridized carbons (Fsp3) is 0.600. The van der Waals surface area contributed by atoms with Gasteiger partial charge >= 0.3 is 0 Å². The van der Waals surface area contributed by atoms with Crippen LogP contribution in [0.5, 0.6) is 17.2 Å². The van der Waals surface area contributed by atoms with E-state index in [0.29, 0.717) is 17.2 Å². The fourth-order valence-electron chi connectivity index (χ4n) is 5.77. The molecule has 0 bridgehead atoms. The number of aromatic hydroxyl groups is 3. The Labute approximate surface area is 332 Å². The summed E-state index contributed by atoms with van der Waals surface area (Å²) in [6, 6.07) is 12.5. The van der Waals surface area contributed by atoms with Crippen molar-refractivity contribution in [2.75, 3.05) is 0 Å². The van der Waals surface area contributed by atoms with Crippen LogP contribution < -0.4 is 0 Å². The van der Waals surface area contributed by atoms with E-state index in [-0.39, 0.29) is 69.8 Å². The maximum Gasteiger partial charge on any atom is 0.123 e. The zero-order chi connectivity index (χ0) is 38.2. The van der Waals surface area contributed by atoms with Gasteiger partial charge in [-0.15, -0.1) is 0 Å². The van der Waals surface area contributed by atoms with Crippen molar-refractivity contribution >= 4 is 0 Å². The van der Waals surface area contributed by atoms with Gasteiger partial charge in [0.25, 0.3) is 0 Å². The molecule has 0 saturated heterocycles. The summed E-state index contributed by atoms with van der Waals surface area (Å²) >= 11 is 0. The molecule has 3 rings (SSSR count). The normalized spacial score (nSPS) is 12.7. The molecule has 0 saturated carbocycles. The summed E-state index contributed by atoms with van der Waals surface area (Å²) < 4.78 is 0. The smallest absolute Gasteiger partial charge is 0.123 e. The first-order valence-electron chi connectivity index (χ1n) is 17.6. The minimum absolute atomic E-state index is 0. The molecule has 0 aliphatic rings. The van der Waals surface area contributed by atoms with E-state index in [4.69, 9.17) is 0 Å². The van der Waals surface area contributed by atoms with Gasteiger partial charge in [-0.2, -0.15) is 0 Å². The molecule has 0 radical (unpaired) electrons. The number of phenols is 3. The van der Waals surface area contributed by atoms with E-state index in [9.17, 15) is 15.3 Å². The summed E-state index contributed by atoms with van der Waals surface area (Å²) in [6.45, 7) is 44.7. The SMILES string of the molecule is Cc1cc(C(C)(C)C)c(O)c(C(C)(C)C)c1.Cc1cc(C(C)(C)C)c(O)c(C(C)(C)C)c1.Cc1cc(C(C)(C)C)c(O)c(C(C)(C)C)c1.[Er]. The minimum atomic E-state index is -0.0178. The molecule has 3 aromatic rings. The first-order chi connectivity index (χ1) is 21.1. The predicted molar refractivity (Wildman–Crippen MR) is 211 cm³/mol. The van der Waals surface area contributed by atoms with Gasteiger partial charge in [0.15, 0.2) is 0 Å². The van der Waals surface area contributed by atoms with Gasteiger partial charge in [0.1, 0.15) is 17.2 Å². The van der Waals surface area contributed by atoms with E-state index in [2.05, 4.69) is 182 Å². The number of benzene rings is 3. The van der Waals surface area contributed by atoms with E-state index in [1.54, 1.807) is 0 Å². The van der Waals surface area contributed by atoms with E-state index in [0.717, 1.165) is 33.4 Å². The Kier molecular flexibility index (Phi) is 15.8. The number of hydrogen-bond donors (Lipinski definition) is 3. The first-order valence-corrected chi connectivity index (χ1v) is 17.6. The molecule has 3 N–H and O–H groups in total. The molecular formula is C45H72ErO3. The van der Waals surface area contributed by atoms with Gasteiger partial charge in [-0.05, 0) is 86.6 Å². The summed E-state index contributed by atoms with van der Waals surface area (Å²) in [5, 5.41) is 31.2. The molecule has 49 heavy (non-hydrogen) atoms. The summed E-state index contributed by atoms with van der Waals surface area (Å²) in [7, 11) is 0. The number of phenolic OH excluding ortho intramolecular Hbond substituents is 3. The zero-order valence-corrected chi connectivity index (χ0v) is 36.9. The van der Waals surface area contributed by atoms with Crippen molar-refractivity contribution in [1.29, 1.82) is 0 Å². The topological polar surface area (TPSA) is 60.7 Å². The average Bonchev–Trinajstić information content (AvgIpc) is 2.84. The summed E-state index contributed by atoms with van der Waals surface area (Å²) in [4.78, 5) is 0. The molecule has 0 spiro atoms. The van der Waals surface area contributed by atoms with Crippen molar-refractivity contribution in [1.82, 2.24) is 0 Å². The van der Waals surface area contributed by atoms with Crippen LogP contribution in [0.25, 0.3) is 0 Å². The molecule has 0 aliphatic carbocycles. The molecule has 3 nitrogen and oxygen atoms in total. The molecule has 0 fully saturated rings. The van der Waals surface area contributed by atoms with Gasteiger partial charge in [0, 0.05) is 37.3 Å². The Balaban J connectivity index is 0.000000698. The number of aryl methyl sites for hydroxylation is 3. The van der Waals surface area contributed by atoms with Crippen molar-refractivity contribution in [3.05, 3.63) is 86.5 Å². The van der Waals surface area contributed by atoms with Gasteiger partial charge in [-0.3, -0.25) is 0 Å². The van der Waals surface area contributed by atoms with Crippen molar-refractivity contribution in [3.8, 4) is 17.2 Å². The number of rotatable bonds is 0. The molecule has 0 heterocycles. The van der Waals surface area contributed by atoms with Crippen molar-refractivity contribution in [3.63, 3.8) is 0 Å². The largest absolute Gasteiger partial charge is 0.507 e. The Morgan fingerprint density at radius 2 is 0.388 bits per heavy atom. The van der Waals surface area contributed by atoms with E-state index in [1.165, 1.54) is 16.7 Å². The maximum atomic E-state index is 10.4. The Bertz CT molecular complexity index is 1260. The molecule has 0 aromatic heterocycles. The molecule has 0 unspecified atom stereocenters. The summed E-state index contributed by atoms with van der Waals surface area (Å²) in [6.07, 6.45) is 0. The van der Waals surface area contributed by atoms with Crippen LogP contribution in [0.1, 0.15) is 175 Å². The number of hydrogen-bond acceptors (Lipinski definition) is 3. The van der Waals surface area contributed by atoms with E-state index in [1.807, 2.05) is 0 Å². The standard InChI is InChI=1S/3C15H24O.Er/c3*1-10-8-11(14(2,3)4)13(16)12(9-10)15(5,6)7;/h3*8-9,16H,1-7H3;. The molecule has 3 aromatic carbocycles. The molecule has 0 amide bonds. The minimum Gasteiger partial charge on any atom is -0.507 e. The van der Waals surface area contributed by atoms with Crippen LogP contribution in [0.15, 0.2) is 36.4 Å². The Morgan fingerprint density at radius 1 is 0.286 bits per heavy atom. The second kappa shape index (κ2) is 16.3. The predicted octanol–water partition coefficient (Wildman–Crippen LogP) is 12.9. The van der Waals surface area contributed by atoms with E-state index < -0.39 is 0 Å². The molecular weight excluding hydrogens is 756 g/mol. The van der Waals surface area contributed by atoms with Crippen LogP contribution in [-0.2, 0) is 32.5 Å². The van der Waals surface area contributed by atoms with Crippen LogP contribution in [0.4, 0.5) is 0 Å². The first kappa shape index (κ1) is 47.3. The second-order valence-corrected chi connectivity index (χ2v) is 20.1. The van der Waals surface area contributed by atoms with Crippen LogP contribution in [0, 0.1) is 58.1 Å². The zero-order valence-electron chi connectivity index (χ0n) is 35.1. The van der Waals surface area contributed by atoms with Gasteiger partial charge in [-0.1, -0.05) is 178 Å². The van der Waals surface area contributed by atoms with Gasteiger partial charge in [0.2, 0.25) is 0 Å². The van der Waals surface area contributed by atoms with Crippen molar-refractivity contribution in [2.24, 2.45) is 0 Å². The van der Waals surface area contributed by atoms with E-state index >= 15 is 0 Å². The van der Waals surface area contributed by atoms with Crippen LogP contribution >= 0.6 is 0 Å². The van der Waals surface area contributed by atoms with Crippen molar-refractivity contribution in [2.45, 2.75) is 178 Å². The fourth-order valence-corrected chi connectivity index (χ4v) is 5.77. The van der Waals surface area contributed by atoms with Crippen LogP contribution in [0.3, 0.4) is 0 Å². The molecule has 282 valence electrons. The second-order valence-electron chi connectivity index (χ2n) is 20.1. The third-order valence-electron chi connectivity index (χ3n) is 8.61. The third kappa shape index (κ3) is 13.4. The average molecular weight is 828 g/mol. The third-order valence-corrected chi connectivity index (χ3v) is 8.61. The Hall–Kier alpha value is -1.69. The quantitative estimate of drug-likeness (QED) is 0.212. The van der Waals surface area contributed by atoms with Crippen LogP contribution in [-0.4, -0.2) is 15.3 Å². The van der Waals surface area contributed by atoms with Crippen LogP contribution in [0.2, 0.25) is 0 Å². The molecule has 0 atom stereocenters. The molecule has 0 aliphatic heterocycles. The Morgan fingerprint density at radius 3 is 0.469 bits per heavy atom. The molecule has 4 heteroatoms. The summed E-state index contributed by atoms with van der Waals surface area (Å²) in [5.41, 5.74) is 9.78. The van der Waals surface area contributed by atoms with Gasteiger partial charge < -0.3 is 15.3 Å². The van der Waals surface area contributed by atoms with Gasteiger partial charge in [0.05, 0.1) is 0 Å². The van der Waals surface area contributed by atoms with Gasteiger partial charge in [-0.25, -0.2) is 0 Å². The monoisotopic (exact) mass is 826 g/mol. The van der Waals surface area contributed by atoms with Crippen molar-refractivity contribution < 1.29 is 52.6 Å².